The zero-order valence-corrected chi connectivity index (χ0v) is 20.8. The minimum atomic E-state index is 0.884. The average molecular weight is 427 g/mol. The Kier molecular flexibility index (Phi) is 11.3. The summed E-state index contributed by atoms with van der Waals surface area (Å²) in [5.41, 5.74) is 1.49. The maximum absolute atomic E-state index is 6.05. The Morgan fingerprint density at radius 1 is 0.613 bits per heavy atom. The van der Waals surface area contributed by atoms with Crippen LogP contribution in [0, 0.1) is 23.7 Å². The van der Waals surface area contributed by atoms with Gasteiger partial charge in [-0.3, -0.25) is 0 Å². The quantitative estimate of drug-likeness (QED) is 0.285. The second-order valence-corrected chi connectivity index (χ2v) is 10.9. The molecule has 1 heteroatoms. The molecule has 0 atom stereocenters. The minimum absolute atomic E-state index is 0.884. The molecule has 2 aliphatic carbocycles. The fourth-order valence-corrected chi connectivity index (χ4v) is 6.20. The second-order valence-electron chi connectivity index (χ2n) is 10.9. The average Bonchev–Trinajstić information content (AvgIpc) is 2.82. The SMILES string of the molecule is CCCC[C@H]1CC[C@H](CCc2ccc(OCCC[C@H]3CC[C@H](CCC)CC3)cc2)CC1. The highest BCUT2D eigenvalue weighted by Gasteiger charge is 2.21. The van der Waals surface area contributed by atoms with Gasteiger partial charge in [0.2, 0.25) is 0 Å². The van der Waals surface area contributed by atoms with Crippen LogP contribution in [0.1, 0.15) is 122 Å². The maximum atomic E-state index is 6.05. The van der Waals surface area contributed by atoms with Gasteiger partial charge in [-0.1, -0.05) is 109 Å². The number of hydrogen-bond donors (Lipinski definition) is 0. The molecular weight excluding hydrogens is 376 g/mol. The van der Waals surface area contributed by atoms with E-state index in [1.165, 1.54) is 115 Å². The van der Waals surface area contributed by atoms with E-state index in [1.807, 2.05) is 0 Å². The predicted molar refractivity (Wildman–Crippen MR) is 135 cm³/mol. The molecule has 3 rings (SSSR count). The normalized spacial score (nSPS) is 26.6. The Morgan fingerprint density at radius 3 is 1.68 bits per heavy atom. The second kappa shape index (κ2) is 14.2. The molecule has 0 N–H and O–H groups in total. The highest BCUT2D eigenvalue weighted by atomic mass is 16.5. The van der Waals surface area contributed by atoms with E-state index >= 15 is 0 Å². The summed E-state index contributed by atoms with van der Waals surface area (Å²) in [5, 5.41) is 0. The molecule has 1 aromatic rings. The van der Waals surface area contributed by atoms with Crippen molar-refractivity contribution in [2.75, 3.05) is 6.61 Å². The van der Waals surface area contributed by atoms with Crippen LogP contribution in [0.5, 0.6) is 5.75 Å². The van der Waals surface area contributed by atoms with Gasteiger partial charge in [0.05, 0.1) is 6.61 Å². The lowest BCUT2D eigenvalue weighted by atomic mass is 9.78. The van der Waals surface area contributed by atoms with Crippen molar-refractivity contribution in [2.24, 2.45) is 23.7 Å². The molecular formula is C30H50O. The van der Waals surface area contributed by atoms with Gasteiger partial charge >= 0.3 is 0 Å². The lowest BCUT2D eigenvalue weighted by Crippen LogP contribution is -2.15. The van der Waals surface area contributed by atoms with Crippen molar-refractivity contribution in [3.63, 3.8) is 0 Å². The Bertz CT molecular complexity index is 561. The van der Waals surface area contributed by atoms with Crippen LogP contribution in [0.15, 0.2) is 24.3 Å². The van der Waals surface area contributed by atoms with E-state index in [2.05, 4.69) is 38.1 Å². The smallest absolute Gasteiger partial charge is 0.119 e. The van der Waals surface area contributed by atoms with Gasteiger partial charge in [0.1, 0.15) is 5.75 Å². The Hall–Kier alpha value is -0.980. The third kappa shape index (κ3) is 9.19. The number of rotatable bonds is 13. The predicted octanol–water partition coefficient (Wildman–Crippen LogP) is 9.38. The van der Waals surface area contributed by atoms with E-state index in [9.17, 15) is 0 Å². The topological polar surface area (TPSA) is 9.23 Å². The Balaban J connectivity index is 1.24. The van der Waals surface area contributed by atoms with Crippen LogP contribution in [0.2, 0.25) is 0 Å². The summed E-state index contributed by atoms with van der Waals surface area (Å²) in [7, 11) is 0. The van der Waals surface area contributed by atoms with E-state index in [-0.39, 0.29) is 0 Å². The standard InChI is InChI=1S/C30H50O/c1-3-5-8-26-14-16-28(17-15-26)18-19-29-20-22-30(23-21-29)31-24-6-9-27-12-10-25(7-4-2)11-13-27/h20-23,25-28H,3-19,24H2,1-2H3/t25-,26-,27-,28-. The molecule has 0 spiro atoms. The van der Waals surface area contributed by atoms with Gasteiger partial charge in [0.25, 0.3) is 0 Å². The van der Waals surface area contributed by atoms with E-state index in [4.69, 9.17) is 4.74 Å². The van der Waals surface area contributed by atoms with E-state index < -0.39 is 0 Å². The first-order valence-corrected chi connectivity index (χ1v) is 14.0. The number of aryl methyl sites for hydroxylation is 1. The van der Waals surface area contributed by atoms with Crippen LogP contribution in [0.3, 0.4) is 0 Å². The summed E-state index contributed by atoms with van der Waals surface area (Å²) < 4.78 is 6.05. The monoisotopic (exact) mass is 426 g/mol. The summed E-state index contributed by atoms with van der Waals surface area (Å²) in [4.78, 5) is 0. The van der Waals surface area contributed by atoms with Crippen LogP contribution in [-0.2, 0) is 6.42 Å². The molecule has 0 heterocycles. The molecule has 0 amide bonds. The van der Waals surface area contributed by atoms with Crippen molar-refractivity contribution in [3.8, 4) is 5.75 Å². The lowest BCUT2D eigenvalue weighted by molar-refractivity contribution is 0.230. The summed E-state index contributed by atoms with van der Waals surface area (Å²) in [6.07, 6.45) is 24.0. The van der Waals surface area contributed by atoms with Gasteiger partial charge in [-0.2, -0.15) is 0 Å². The van der Waals surface area contributed by atoms with Crippen molar-refractivity contribution in [3.05, 3.63) is 29.8 Å². The lowest BCUT2D eigenvalue weighted by Gasteiger charge is -2.28. The van der Waals surface area contributed by atoms with Crippen molar-refractivity contribution in [1.29, 1.82) is 0 Å². The summed E-state index contributed by atoms with van der Waals surface area (Å²) >= 11 is 0. The summed E-state index contributed by atoms with van der Waals surface area (Å²) in [6, 6.07) is 9.01. The number of unbranched alkanes of at least 4 members (excludes halogenated alkanes) is 1. The number of hydrogen-bond acceptors (Lipinski definition) is 1. The highest BCUT2D eigenvalue weighted by molar-refractivity contribution is 5.27. The maximum Gasteiger partial charge on any atom is 0.119 e. The van der Waals surface area contributed by atoms with E-state index in [0.29, 0.717) is 0 Å². The van der Waals surface area contributed by atoms with Gasteiger partial charge in [0, 0.05) is 0 Å². The molecule has 2 aliphatic rings. The summed E-state index contributed by atoms with van der Waals surface area (Å²) in [5.74, 6) is 5.04. The molecule has 0 aliphatic heterocycles. The molecule has 0 aromatic heterocycles. The molecule has 1 aromatic carbocycles. The van der Waals surface area contributed by atoms with E-state index in [1.54, 1.807) is 0 Å². The van der Waals surface area contributed by atoms with E-state index in [0.717, 1.165) is 36.0 Å². The van der Waals surface area contributed by atoms with Gasteiger partial charge < -0.3 is 4.74 Å². The highest BCUT2D eigenvalue weighted by Crippen LogP contribution is 2.35. The van der Waals surface area contributed by atoms with Gasteiger partial charge in [-0.05, 0) is 67.1 Å². The van der Waals surface area contributed by atoms with Crippen LogP contribution in [0.4, 0.5) is 0 Å². The van der Waals surface area contributed by atoms with Crippen LogP contribution < -0.4 is 4.74 Å². The molecule has 31 heavy (non-hydrogen) atoms. The number of ether oxygens (including phenoxy) is 1. The zero-order chi connectivity index (χ0) is 21.7. The largest absolute Gasteiger partial charge is 0.494 e. The number of benzene rings is 1. The van der Waals surface area contributed by atoms with Crippen molar-refractivity contribution < 1.29 is 4.74 Å². The van der Waals surface area contributed by atoms with Gasteiger partial charge in [-0.25, -0.2) is 0 Å². The molecule has 0 unspecified atom stereocenters. The molecule has 0 saturated heterocycles. The molecule has 2 fully saturated rings. The Morgan fingerprint density at radius 2 is 1.13 bits per heavy atom. The first kappa shape index (κ1) is 24.7. The van der Waals surface area contributed by atoms with Crippen LogP contribution in [-0.4, -0.2) is 6.61 Å². The van der Waals surface area contributed by atoms with Crippen LogP contribution in [0.25, 0.3) is 0 Å². The molecule has 2 saturated carbocycles. The zero-order valence-electron chi connectivity index (χ0n) is 20.8. The third-order valence-corrected chi connectivity index (χ3v) is 8.39. The molecule has 1 nitrogen and oxygen atoms in total. The van der Waals surface area contributed by atoms with Crippen molar-refractivity contribution in [1.82, 2.24) is 0 Å². The molecule has 0 radical (unpaired) electrons. The minimum Gasteiger partial charge on any atom is -0.494 e. The van der Waals surface area contributed by atoms with Crippen molar-refractivity contribution >= 4 is 0 Å². The Labute approximate surface area is 193 Å². The van der Waals surface area contributed by atoms with Crippen LogP contribution >= 0.6 is 0 Å². The molecule has 0 bridgehead atoms. The molecule has 176 valence electrons. The van der Waals surface area contributed by atoms with Crippen molar-refractivity contribution in [2.45, 2.75) is 123 Å². The third-order valence-electron chi connectivity index (χ3n) is 8.39. The first-order chi connectivity index (χ1) is 15.3. The van der Waals surface area contributed by atoms with Gasteiger partial charge in [-0.15, -0.1) is 0 Å². The van der Waals surface area contributed by atoms with Gasteiger partial charge in [0.15, 0.2) is 0 Å². The first-order valence-electron chi connectivity index (χ1n) is 14.0. The fourth-order valence-electron chi connectivity index (χ4n) is 6.20. The summed E-state index contributed by atoms with van der Waals surface area (Å²) in [6.45, 7) is 5.53. The fraction of sp³-hybridized carbons (Fsp3) is 0.800.